The second-order valence-electron chi connectivity index (χ2n) is 7.72. The van der Waals surface area contributed by atoms with Crippen molar-refractivity contribution in [2.45, 2.75) is 64.1 Å². The van der Waals surface area contributed by atoms with Crippen molar-refractivity contribution >= 4 is 0 Å². The zero-order chi connectivity index (χ0) is 14.9. The van der Waals surface area contributed by atoms with Gasteiger partial charge in [0, 0.05) is 32.4 Å². The Morgan fingerprint density at radius 3 is 2.55 bits per heavy atom. The first kappa shape index (κ1) is 14.6. The normalized spacial score (nSPS) is 33.4. The third-order valence-corrected chi connectivity index (χ3v) is 6.14. The molecule has 1 unspecified atom stereocenters. The Morgan fingerprint density at radius 1 is 1.09 bits per heavy atom. The van der Waals surface area contributed by atoms with Gasteiger partial charge in [-0.15, -0.1) is 5.10 Å². The first-order valence-corrected chi connectivity index (χ1v) is 9.05. The summed E-state index contributed by atoms with van der Waals surface area (Å²) in [6.45, 7) is 3.89. The average molecular weight is 304 g/mol. The Balaban J connectivity index is 1.32. The van der Waals surface area contributed by atoms with Crippen molar-refractivity contribution in [2.24, 2.45) is 17.8 Å². The maximum absolute atomic E-state index is 9.57. The molecule has 0 spiro atoms. The highest BCUT2D eigenvalue weighted by Crippen LogP contribution is 2.45. The Bertz CT molecular complexity index is 487. The van der Waals surface area contributed by atoms with Gasteiger partial charge in [0.25, 0.3) is 0 Å². The first-order chi connectivity index (χ1) is 10.8. The van der Waals surface area contributed by atoms with Crippen LogP contribution in [-0.2, 0) is 13.1 Å². The fourth-order valence-electron chi connectivity index (χ4n) is 4.79. The smallest absolute Gasteiger partial charge is 0.0967 e. The molecular formula is C17H28N4O. The van der Waals surface area contributed by atoms with E-state index in [1.165, 1.54) is 32.1 Å². The molecule has 5 heteroatoms. The summed E-state index contributed by atoms with van der Waals surface area (Å²) in [5.74, 6) is 2.74. The summed E-state index contributed by atoms with van der Waals surface area (Å²) in [4.78, 5) is 2.38. The number of fused-ring (bicyclic) bond motifs is 3. The molecule has 2 bridgehead atoms. The summed E-state index contributed by atoms with van der Waals surface area (Å²) >= 11 is 0. The minimum atomic E-state index is -0.103. The molecule has 1 aromatic heterocycles. The molecule has 1 aromatic rings. The summed E-state index contributed by atoms with van der Waals surface area (Å²) in [5, 5.41) is 18.3. The van der Waals surface area contributed by atoms with Crippen LogP contribution in [0.3, 0.4) is 0 Å². The number of aromatic nitrogens is 3. The van der Waals surface area contributed by atoms with Gasteiger partial charge < -0.3 is 5.11 Å². The van der Waals surface area contributed by atoms with Gasteiger partial charge >= 0.3 is 0 Å². The molecule has 0 amide bonds. The number of nitrogens with zero attached hydrogens (tertiary/aromatic N) is 4. The number of aliphatic hydroxyl groups is 1. The number of piperidine rings is 1. The van der Waals surface area contributed by atoms with Gasteiger partial charge in [-0.05, 0) is 49.9 Å². The molecule has 122 valence electrons. The van der Waals surface area contributed by atoms with Crippen molar-refractivity contribution in [1.29, 1.82) is 0 Å². The predicted molar refractivity (Wildman–Crippen MR) is 84.1 cm³/mol. The van der Waals surface area contributed by atoms with Crippen LogP contribution >= 0.6 is 0 Å². The van der Waals surface area contributed by atoms with Crippen LogP contribution in [0.2, 0.25) is 0 Å². The van der Waals surface area contributed by atoms with Crippen LogP contribution in [0, 0.1) is 17.8 Å². The van der Waals surface area contributed by atoms with Crippen LogP contribution in [0.5, 0.6) is 0 Å². The molecule has 4 fully saturated rings. The molecule has 1 saturated heterocycles. The van der Waals surface area contributed by atoms with E-state index in [1.807, 2.05) is 0 Å². The van der Waals surface area contributed by atoms with Gasteiger partial charge in [-0.25, -0.2) is 0 Å². The number of hydrogen-bond acceptors (Lipinski definition) is 4. The van der Waals surface area contributed by atoms with Crippen molar-refractivity contribution in [2.75, 3.05) is 13.1 Å². The van der Waals surface area contributed by atoms with Crippen LogP contribution in [0.15, 0.2) is 6.20 Å². The highest BCUT2D eigenvalue weighted by atomic mass is 16.3. The summed E-state index contributed by atoms with van der Waals surface area (Å²) in [6, 6.07) is 0. The Hall–Kier alpha value is -0.940. The van der Waals surface area contributed by atoms with Crippen LogP contribution in [-0.4, -0.2) is 44.2 Å². The molecule has 2 heterocycles. The average Bonchev–Trinajstić information content (AvgIpc) is 2.98. The third kappa shape index (κ3) is 3.20. The van der Waals surface area contributed by atoms with Gasteiger partial charge in [0.2, 0.25) is 0 Å². The summed E-state index contributed by atoms with van der Waals surface area (Å²) in [5.41, 5.74) is 1.08. The van der Waals surface area contributed by atoms with E-state index < -0.39 is 0 Å². The summed E-state index contributed by atoms with van der Waals surface area (Å²) < 4.78 is 2.08. The van der Waals surface area contributed by atoms with Crippen LogP contribution in [0.25, 0.3) is 0 Å². The number of hydrogen-bond donors (Lipinski definition) is 1. The molecule has 5 nitrogen and oxygen atoms in total. The van der Waals surface area contributed by atoms with Crippen LogP contribution in [0.4, 0.5) is 0 Å². The zero-order valence-corrected chi connectivity index (χ0v) is 13.4. The fourth-order valence-corrected chi connectivity index (χ4v) is 4.79. The lowest BCUT2D eigenvalue weighted by Gasteiger charge is -2.42. The van der Waals surface area contributed by atoms with Crippen molar-refractivity contribution in [3.8, 4) is 0 Å². The highest BCUT2D eigenvalue weighted by Gasteiger charge is 2.35. The molecule has 3 aliphatic carbocycles. The quantitative estimate of drug-likeness (QED) is 0.925. The molecular weight excluding hydrogens is 276 g/mol. The first-order valence-electron chi connectivity index (χ1n) is 9.05. The van der Waals surface area contributed by atoms with E-state index in [0.29, 0.717) is 0 Å². The molecule has 1 N–H and O–H groups in total. The van der Waals surface area contributed by atoms with Gasteiger partial charge in [0.15, 0.2) is 0 Å². The molecule has 3 saturated carbocycles. The maximum Gasteiger partial charge on any atom is 0.0967 e. The SMILES string of the molecule is OC1CCN(Cc2cn(CC3CC4CCC3CC4)nn2)CC1. The topological polar surface area (TPSA) is 54.2 Å². The Kier molecular flexibility index (Phi) is 4.18. The molecule has 1 atom stereocenters. The van der Waals surface area contributed by atoms with Gasteiger partial charge in [-0.1, -0.05) is 18.1 Å². The second-order valence-corrected chi connectivity index (χ2v) is 7.72. The maximum atomic E-state index is 9.57. The van der Waals surface area contributed by atoms with E-state index >= 15 is 0 Å². The summed E-state index contributed by atoms with van der Waals surface area (Å²) in [7, 11) is 0. The second kappa shape index (κ2) is 6.28. The van der Waals surface area contributed by atoms with E-state index in [4.69, 9.17) is 0 Å². The van der Waals surface area contributed by atoms with E-state index in [0.717, 1.165) is 62.5 Å². The molecule has 5 rings (SSSR count). The number of aliphatic hydroxyl groups excluding tert-OH is 1. The van der Waals surface area contributed by atoms with Crippen molar-refractivity contribution in [3.63, 3.8) is 0 Å². The lowest BCUT2D eigenvalue weighted by Crippen LogP contribution is -2.35. The molecule has 4 aliphatic rings. The lowest BCUT2D eigenvalue weighted by molar-refractivity contribution is 0.0785. The van der Waals surface area contributed by atoms with Crippen LogP contribution < -0.4 is 0 Å². The van der Waals surface area contributed by atoms with E-state index in [-0.39, 0.29) is 6.10 Å². The Morgan fingerprint density at radius 2 is 1.86 bits per heavy atom. The van der Waals surface area contributed by atoms with E-state index in [2.05, 4.69) is 26.1 Å². The molecule has 22 heavy (non-hydrogen) atoms. The predicted octanol–water partition coefficient (Wildman–Crippen LogP) is 2.06. The monoisotopic (exact) mass is 304 g/mol. The molecule has 0 radical (unpaired) electrons. The van der Waals surface area contributed by atoms with E-state index in [9.17, 15) is 5.11 Å². The highest BCUT2D eigenvalue weighted by molar-refractivity contribution is 4.94. The fraction of sp³-hybridized carbons (Fsp3) is 0.882. The van der Waals surface area contributed by atoms with Crippen molar-refractivity contribution < 1.29 is 5.11 Å². The summed E-state index contributed by atoms with van der Waals surface area (Å²) in [6.07, 6.45) is 11.0. The van der Waals surface area contributed by atoms with Crippen molar-refractivity contribution in [3.05, 3.63) is 11.9 Å². The van der Waals surface area contributed by atoms with E-state index in [1.54, 1.807) is 0 Å². The molecule has 0 aromatic carbocycles. The van der Waals surface area contributed by atoms with Gasteiger partial charge in [-0.2, -0.15) is 0 Å². The molecule has 1 aliphatic heterocycles. The lowest BCUT2D eigenvalue weighted by atomic mass is 9.65. The van der Waals surface area contributed by atoms with Gasteiger partial charge in [0.05, 0.1) is 11.8 Å². The Labute approximate surface area is 132 Å². The standard InChI is InChI=1S/C17H28N4O/c22-17-5-7-20(8-6-17)11-16-12-21(19-18-16)10-15-9-13-1-3-14(15)4-2-13/h12-15,17,22H,1-11H2. The minimum absolute atomic E-state index is 0.103. The van der Waals surface area contributed by atoms with Crippen LogP contribution in [0.1, 0.15) is 50.6 Å². The third-order valence-electron chi connectivity index (χ3n) is 6.14. The minimum Gasteiger partial charge on any atom is -0.393 e. The number of likely N-dealkylation sites (tertiary alicyclic amines) is 1. The largest absolute Gasteiger partial charge is 0.393 e. The van der Waals surface area contributed by atoms with Gasteiger partial charge in [-0.3, -0.25) is 9.58 Å². The van der Waals surface area contributed by atoms with Crippen molar-refractivity contribution in [1.82, 2.24) is 19.9 Å². The van der Waals surface area contributed by atoms with Gasteiger partial charge in [0.1, 0.15) is 0 Å². The number of rotatable bonds is 4. The zero-order valence-electron chi connectivity index (χ0n) is 13.4.